The van der Waals surface area contributed by atoms with Gasteiger partial charge < -0.3 is 14.4 Å². The second-order valence-corrected chi connectivity index (χ2v) is 4.63. The molecule has 0 radical (unpaired) electrons. The van der Waals surface area contributed by atoms with Crippen molar-refractivity contribution in [2.75, 3.05) is 19.0 Å². The predicted octanol–water partition coefficient (Wildman–Crippen LogP) is 1.82. The molecule has 0 aromatic carbocycles. The summed E-state index contributed by atoms with van der Waals surface area (Å²) in [6, 6.07) is 0. The number of aliphatic hydroxyl groups excluding tert-OH is 1. The highest BCUT2D eigenvalue weighted by Gasteiger charge is 2.05. The van der Waals surface area contributed by atoms with Crippen LogP contribution in [-0.2, 0) is 18.4 Å². The van der Waals surface area contributed by atoms with E-state index in [2.05, 4.69) is 11.9 Å². The van der Waals surface area contributed by atoms with Gasteiger partial charge in [0.15, 0.2) is 5.16 Å². The summed E-state index contributed by atoms with van der Waals surface area (Å²) >= 11 is 1.66. The molecule has 0 saturated heterocycles. The number of imidazole rings is 1. The third-order valence-electron chi connectivity index (χ3n) is 2.30. The van der Waals surface area contributed by atoms with Crippen LogP contribution in [0.1, 0.15) is 25.5 Å². The fourth-order valence-corrected chi connectivity index (χ4v) is 2.07. The molecule has 1 rings (SSSR count). The van der Waals surface area contributed by atoms with Crippen LogP contribution in [0.4, 0.5) is 0 Å². The highest BCUT2D eigenvalue weighted by Crippen LogP contribution is 2.16. The average molecular weight is 244 g/mol. The van der Waals surface area contributed by atoms with Crippen molar-refractivity contribution in [3.05, 3.63) is 11.9 Å². The van der Waals surface area contributed by atoms with Crippen LogP contribution in [0.5, 0.6) is 0 Å². The minimum Gasteiger partial charge on any atom is -0.390 e. The molecule has 1 heterocycles. The van der Waals surface area contributed by atoms with E-state index in [-0.39, 0.29) is 6.61 Å². The standard InChI is InChI=1S/C11H20N2O2S/c1-3-4-5-15-6-7-16-11-12-8-10(9-14)13(11)2/h8,14H,3-7,9H2,1-2H3. The van der Waals surface area contributed by atoms with Gasteiger partial charge in [0.2, 0.25) is 0 Å². The van der Waals surface area contributed by atoms with E-state index in [9.17, 15) is 0 Å². The Morgan fingerprint density at radius 1 is 1.50 bits per heavy atom. The smallest absolute Gasteiger partial charge is 0.168 e. The maximum absolute atomic E-state index is 9.01. The Bertz CT molecular complexity index is 302. The molecule has 4 nitrogen and oxygen atoms in total. The highest BCUT2D eigenvalue weighted by molar-refractivity contribution is 7.99. The lowest BCUT2D eigenvalue weighted by Gasteiger charge is -2.04. The van der Waals surface area contributed by atoms with Crippen molar-refractivity contribution in [2.45, 2.75) is 31.5 Å². The van der Waals surface area contributed by atoms with Gasteiger partial charge in [-0.3, -0.25) is 0 Å². The number of ether oxygens (including phenoxy) is 1. The van der Waals surface area contributed by atoms with Crippen LogP contribution < -0.4 is 0 Å². The summed E-state index contributed by atoms with van der Waals surface area (Å²) in [4.78, 5) is 4.23. The second kappa shape index (κ2) is 7.70. The molecule has 0 aliphatic carbocycles. The van der Waals surface area contributed by atoms with Gasteiger partial charge in [-0.15, -0.1) is 0 Å². The van der Waals surface area contributed by atoms with Crippen molar-refractivity contribution < 1.29 is 9.84 Å². The lowest BCUT2D eigenvalue weighted by atomic mass is 10.4. The summed E-state index contributed by atoms with van der Waals surface area (Å²) < 4.78 is 7.37. The number of nitrogens with zero attached hydrogens (tertiary/aromatic N) is 2. The molecular formula is C11H20N2O2S. The van der Waals surface area contributed by atoms with Crippen LogP contribution in [0, 0.1) is 0 Å². The highest BCUT2D eigenvalue weighted by atomic mass is 32.2. The van der Waals surface area contributed by atoms with Crippen molar-refractivity contribution in [1.82, 2.24) is 9.55 Å². The summed E-state index contributed by atoms with van der Waals surface area (Å²) in [5, 5.41) is 9.94. The van der Waals surface area contributed by atoms with E-state index in [0.29, 0.717) is 0 Å². The van der Waals surface area contributed by atoms with Gasteiger partial charge in [-0.2, -0.15) is 0 Å². The third-order valence-corrected chi connectivity index (χ3v) is 3.31. The van der Waals surface area contributed by atoms with Gasteiger partial charge in [0.25, 0.3) is 0 Å². The zero-order valence-electron chi connectivity index (χ0n) is 9.98. The molecule has 5 heteroatoms. The molecular weight excluding hydrogens is 224 g/mol. The minimum atomic E-state index is 0.0388. The second-order valence-electron chi connectivity index (χ2n) is 3.56. The Morgan fingerprint density at radius 3 is 2.94 bits per heavy atom. The van der Waals surface area contributed by atoms with Crippen LogP contribution in [0.3, 0.4) is 0 Å². The number of aliphatic hydroxyl groups is 1. The Labute approximate surface area is 101 Å². The van der Waals surface area contributed by atoms with Crippen LogP contribution in [0.2, 0.25) is 0 Å². The molecule has 0 unspecified atom stereocenters. The van der Waals surface area contributed by atoms with Gasteiger partial charge in [0, 0.05) is 19.4 Å². The molecule has 16 heavy (non-hydrogen) atoms. The molecule has 0 aliphatic heterocycles. The molecule has 1 aromatic heterocycles. The molecule has 0 bridgehead atoms. The number of hydrogen-bond donors (Lipinski definition) is 1. The van der Waals surface area contributed by atoms with Crippen LogP contribution >= 0.6 is 11.8 Å². The summed E-state index contributed by atoms with van der Waals surface area (Å²) in [6.07, 6.45) is 4.01. The number of thioether (sulfide) groups is 1. The fourth-order valence-electron chi connectivity index (χ4n) is 1.25. The van der Waals surface area contributed by atoms with Crippen molar-refractivity contribution in [1.29, 1.82) is 0 Å². The Morgan fingerprint density at radius 2 is 2.31 bits per heavy atom. The fraction of sp³-hybridized carbons (Fsp3) is 0.727. The summed E-state index contributed by atoms with van der Waals surface area (Å²) in [6.45, 7) is 3.80. The van der Waals surface area contributed by atoms with E-state index in [1.165, 1.54) is 6.42 Å². The first-order valence-electron chi connectivity index (χ1n) is 5.61. The maximum atomic E-state index is 9.01. The molecule has 1 aromatic rings. The third kappa shape index (κ3) is 4.15. The zero-order chi connectivity index (χ0) is 11.8. The molecule has 0 atom stereocenters. The van der Waals surface area contributed by atoms with Crippen LogP contribution in [0.15, 0.2) is 11.4 Å². The Hall–Kier alpha value is -0.520. The van der Waals surface area contributed by atoms with Gasteiger partial charge in [-0.05, 0) is 6.42 Å². The number of unbranched alkanes of at least 4 members (excludes halogenated alkanes) is 1. The van der Waals surface area contributed by atoms with E-state index < -0.39 is 0 Å². The first-order valence-corrected chi connectivity index (χ1v) is 6.60. The lowest BCUT2D eigenvalue weighted by molar-refractivity contribution is 0.147. The molecule has 0 aliphatic rings. The Kier molecular flexibility index (Phi) is 6.52. The summed E-state index contributed by atoms with van der Waals surface area (Å²) in [5.74, 6) is 0.902. The van der Waals surface area contributed by atoms with Crippen molar-refractivity contribution in [3.8, 4) is 0 Å². The van der Waals surface area contributed by atoms with Gasteiger partial charge in [0.05, 0.1) is 25.1 Å². The van der Waals surface area contributed by atoms with E-state index in [1.807, 2.05) is 11.6 Å². The minimum absolute atomic E-state index is 0.0388. The summed E-state index contributed by atoms with van der Waals surface area (Å²) in [5.41, 5.74) is 0.842. The van der Waals surface area contributed by atoms with Gasteiger partial charge in [-0.25, -0.2) is 4.98 Å². The van der Waals surface area contributed by atoms with Crippen LogP contribution in [-0.4, -0.2) is 33.6 Å². The molecule has 0 fully saturated rings. The Balaban J connectivity index is 2.19. The van der Waals surface area contributed by atoms with Gasteiger partial charge in [0.1, 0.15) is 0 Å². The van der Waals surface area contributed by atoms with E-state index >= 15 is 0 Å². The number of rotatable bonds is 8. The summed E-state index contributed by atoms with van der Waals surface area (Å²) in [7, 11) is 1.92. The topological polar surface area (TPSA) is 47.3 Å². The zero-order valence-corrected chi connectivity index (χ0v) is 10.8. The molecule has 1 N–H and O–H groups in total. The van der Waals surface area contributed by atoms with Crippen molar-refractivity contribution >= 4 is 11.8 Å². The maximum Gasteiger partial charge on any atom is 0.168 e. The van der Waals surface area contributed by atoms with E-state index in [4.69, 9.17) is 9.84 Å². The largest absolute Gasteiger partial charge is 0.390 e. The molecule has 0 saturated carbocycles. The van der Waals surface area contributed by atoms with Crippen LogP contribution in [0.25, 0.3) is 0 Å². The van der Waals surface area contributed by atoms with Crippen molar-refractivity contribution in [2.24, 2.45) is 7.05 Å². The molecule has 0 amide bonds. The normalized spacial score (nSPS) is 10.9. The number of hydrogen-bond acceptors (Lipinski definition) is 4. The first kappa shape index (κ1) is 13.5. The van der Waals surface area contributed by atoms with E-state index in [1.54, 1.807) is 18.0 Å². The van der Waals surface area contributed by atoms with Crippen molar-refractivity contribution in [3.63, 3.8) is 0 Å². The van der Waals surface area contributed by atoms with Gasteiger partial charge in [-0.1, -0.05) is 25.1 Å². The first-order chi connectivity index (χ1) is 7.79. The quantitative estimate of drug-likeness (QED) is 0.560. The van der Waals surface area contributed by atoms with E-state index in [0.717, 1.165) is 36.2 Å². The number of aromatic nitrogens is 2. The van der Waals surface area contributed by atoms with Gasteiger partial charge >= 0.3 is 0 Å². The average Bonchev–Trinajstić information content (AvgIpc) is 2.65. The monoisotopic (exact) mass is 244 g/mol. The molecule has 0 spiro atoms. The SMILES string of the molecule is CCCCOCCSc1ncc(CO)n1C. The predicted molar refractivity (Wildman–Crippen MR) is 65.6 cm³/mol. The molecule has 92 valence electrons. The lowest BCUT2D eigenvalue weighted by Crippen LogP contribution is -2.01.